The number of carboxylic acids is 1. The van der Waals surface area contributed by atoms with Crippen LogP contribution in [0.5, 0.6) is 0 Å². The smallest absolute Gasteiger partial charge is 0.329 e. The molecule has 2 nitrogen and oxygen atoms in total. The van der Waals surface area contributed by atoms with Crippen molar-refractivity contribution in [3.63, 3.8) is 0 Å². The van der Waals surface area contributed by atoms with Crippen molar-refractivity contribution in [2.75, 3.05) is 0 Å². The van der Waals surface area contributed by atoms with Gasteiger partial charge < -0.3 is 5.11 Å². The predicted octanol–water partition coefficient (Wildman–Crippen LogP) is 0.783. The van der Waals surface area contributed by atoms with Crippen molar-refractivity contribution in [1.29, 1.82) is 0 Å². The average molecular weight is 150 g/mol. The van der Waals surface area contributed by atoms with Gasteiger partial charge in [-0.25, -0.2) is 4.79 Å². The lowest BCUT2D eigenvalue weighted by molar-refractivity contribution is -0.131. The molecule has 33 valence electrons. The molecule has 0 atom stereocenters. The summed E-state index contributed by atoms with van der Waals surface area (Å²) in [4.78, 5) is 11.6. The molecule has 0 saturated heterocycles. The molecular weight excluding hydrogens is 148 g/mol. The van der Waals surface area contributed by atoms with Crippen LogP contribution >= 0.6 is 15.9 Å². The summed E-state index contributed by atoms with van der Waals surface area (Å²) in [6.07, 6.45) is 0.875. The lowest BCUT2D eigenvalue weighted by Crippen LogP contribution is -1.83. The SMILES string of the molecule is O=C(O)C=[C]Br. The first-order valence-corrected chi connectivity index (χ1v) is 1.99. The van der Waals surface area contributed by atoms with Gasteiger partial charge in [0.15, 0.2) is 0 Å². The van der Waals surface area contributed by atoms with Gasteiger partial charge in [0.05, 0.1) is 0 Å². The van der Waals surface area contributed by atoms with Crippen molar-refractivity contribution in [1.82, 2.24) is 0 Å². The van der Waals surface area contributed by atoms with E-state index in [1.54, 1.807) is 0 Å². The average Bonchev–Trinajstić information content (AvgIpc) is 1.35. The van der Waals surface area contributed by atoms with Gasteiger partial charge in [-0.2, -0.15) is 0 Å². The largest absolute Gasteiger partial charge is 0.478 e. The fourth-order valence-corrected chi connectivity index (χ4v) is 0.243. The van der Waals surface area contributed by atoms with Crippen molar-refractivity contribution >= 4 is 21.9 Å². The summed E-state index contributed by atoms with van der Waals surface area (Å²) in [5.74, 6) is -0.994. The molecule has 0 heterocycles. The van der Waals surface area contributed by atoms with Crippen LogP contribution in [0.15, 0.2) is 6.08 Å². The number of rotatable bonds is 1. The van der Waals surface area contributed by atoms with Crippen molar-refractivity contribution < 1.29 is 9.90 Å². The summed E-state index contributed by atoms with van der Waals surface area (Å²) in [5, 5.41) is 7.77. The van der Waals surface area contributed by atoms with Crippen LogP contribution in [0.2, 0.25) is 0 Å². The molecule has 0 aliphatic rings. The van der Waals surface area contributed by atoms with E-state index in [2.05, 4.69) is 20.9 Å². The van der Waals surface area contributed by atoms with Crippen molar-refractivity contribution in [3.05, 3.63) is 11.1 Å². The van der Waals surface area contributed by atoms with Gasteiger partial charge in [0.1, 0.15) is 0 Å². The number of carboxylic acid groups (broad SMARTS) is 1. The van der Waals surface area contributed by atoms with Crippen LogP contribution in [-0.4, -0.2) is 11.1 Å². The number of hydrogen-bond donors (Lipinski definition) is 1. The molecule has 0 aromatic carbocycles. The molecule has 0 rings (SSSR count). The molecule has 0 unspecified atom stereocenters. The Kier molecular flexibility index (Phi) is 2.75. The summed E-state index contributed by atoms with van der Waals surface area (Å²) in [6, 6.07) is 0. The normalized spacial score (nSPS) is 9.50. The Balaban J connectivity index is 3.30. The summed E-state index contributed by atoms with van der Waals surface area (Å²) < 4.78 is 0. The highest BCUT2D eigenvalue weighted by atomic mass is 79.9. The predicted molar refractivity (Wildman–Crippen MR) is 24.4 cm³/mol. The van der Waals surface area contributed by atoms with Crippen LogP contribution in [0, 0.1) is 4.99 Å². The van der Waals surface area contributed by atoms with Gasteiger partial charge in [-0.15, -0.1) is 0 Å². The highest BCUT2D eigenvalue weighted by Crippen LogP contribution is 1.77. The highest BCUT2D eigenvalue weighted by molar-refractivity contribution is 9.10. The minimum Gasteiger partial charge on any atom is -0.478 e. The minimum atomic E-state index is -0.994. The third-order valence-corrected chi connectivity index (χ3v) is 0.407. The molecule has 0 amide bonds. The van der Waals surface area contributed by atoms with Gasteiger partial charge in [0.2, 0.25) is 0 Å². The van der Waals surface area contributed by atoms with Gasteiger partial charge in [0, 0.05) is 11.1 Å². The van der Waals surface area contributed by atoms with Crippen LogP contribution in [0.25, 0.3) is 0 Å². The van der Waals surface area contributed by atoms with E-state index in [4.69, 9.17) is 5.11 Å². The second-order valence-corrected chi connectivity index (χ2v) is 1.05. The van der Waals surface area contributed by atoms with E-state index in [0.29, 0.717) is 0 Å². The van der Waals surface area contributed by atoms with Gasteiger partial charge >= 0.3 is 5.97 Å². The third kappa shape index (κ3) is 3.69. The number of aliphatic carboxylic acids is 1. The van der Waals surface area contributed by atoms with Gasteiger partial charge in [-0.1, -0.05) is 0 Å². The molecule has 0 aromatic heterocycles. The second-order valence-electron chi connectivity index (χ2n) is 0.592. The molecule has 0 bridgehead atoms. The molecule has 0 fully saturated rings. The summed E-state index contributed by atoms with van der Waals surface area (Å²) >= 11 is 2.66. The Labute approximate surface area is 43.6 Å². The van der Waals surface area contributed by atoms with E-state index in [1.165, 1.54) is 0 Å². The first kappa shape index (κ1) is 5.69. The lowest BCUT2D eigenvalue weighted by Gasteiger charge is -1.67. The number of hydrogen-bond acceptors (Lipinski definition) is 1. The van der Waals surface area contributed by atoms with Gasteiger partial charge in [-0.05, 0) is 15.9 Å². The fraction of sp³-hybridized carbons (Fsp3) is 0. The maximum atomic E-state index is 9.45. The minimum absolute atomic E-state index is 0.875. The summed E-state index contributed by atoms with van der Waals surface area (Å²) in [7, 11) is 0. The van der Waals surface area contributed by atoms with E-state index < -0.39 is 5.97 Å². The first-order chi connectivity index (χ1) is 2.77. The topological polar surface area (TPSA) is 37.3 Å². The zero-order valence-corrected chi connectivity index (χ0v) is 4.40. The van der Waals surface area contributed by atoms with Crippen LogP contribution < -0.4 is 0 Å². The quantitative estimate of drug-likeness (QED) is 0.560. The Morgan fingerprint density at radius 1 is 2.00 bits per heavy atom. The van der Waals surface area contributed by atoms with E-state index in [-0.39, 0.29) is 0 Å². The standard InChI is InChI=1S/C3H2BrO2/c4-2-1-3(5)6/h1H,(H,5,6). The molecular formula is C3H2BrO2. The van der Waals surface area contributed by atoms with Crippen LogP contribution in [0.1, 0.15) is 0 Å². The Morgan fingerprint density at radius 3 is 2.50 bits per heavy atom. The van der Waals surface area contributed by atoms with E-state index in [9.17, 15) is 4.79 Å². The maximum Gasteiger partial charge on any atom is 0.329 e. The third-order valence-electron chi connectivity index (χ3n) is 0.178. The zero-order valence-electron chi connectivity index (χ0n) is 2.81. The summed E-state index contributed by atoms with van der Waals surface area (Å²) in [6.45, 7) is 0. The lowest BCUT2D eigenvalue weighted by atomic mass is 10.7. The van der Waals surface area contributed by atoms with Gasteiger partial charge in [0.25, 0.3) is 0 Å². The molecule has 0 aliphatic heterocycles. The monoisotopic (exact) mass is 149 g/mol. The zero-order chi connectivity index (χ0) is 4.99. The van der Waals surface area contributed by atoms with E-state index >= 15 is 0 Å². The molecule has 3 heteroatoms. The van der Waals surface area contributed by atoms with Crippen LogP contribution in [0.4, 0.5) is 0 Å². The van der Waals surface area contributed by atoms with Crippen molar-refractivity contribution in [2.24, 2.45) is 0 Å². The molecule has 0 aliphatic carbocycles. The molecule has 0 aromatic rings. The van der Waals surface area contributed by atoms with Crippen molar-refractivity contribution in [2.45, 2.75) is 0 Å². The Bertz CT molecular complexity index is 76.9. The fourth-order valence-electron chi connectivity index (χ4n) is 0.0467. The number of carbonyl (C=O) groups is 1. The Morgan fingerprint density at radius 2 is 2.50 bits per heavy atom. The molecule has 1 radical (unpaired) electrons. The maximum absolute atomic E-state index is 9.45. The summed E-state index contributed by atoms with van der Waals surface area (Å²) in [5.41, 5.74) is 0. The second kappa shape index (κ2) is 2.90. The van der Waals surface area contributed by atoms with Gasteiger partial charge in [-0.3, -0.25) is 0 Å². The van der Waals surface area contributed by atoms with Crippen LogP contribution in [0.3, 0.4) is 0 Å². The molecule has 1 N–H and O–H groups in total. The number of halogens is 1. The molecule has 6 heavy (non-hydrogen) atoms. The molecule has 0 saturated carbocycles. The van der Waals surface area contributed by atoms with E-state index in [0.717, 1.165) is 6.08 Å². The Hall–Kier alpha value is -0.310. The van der Waals surface area contributed by atoms with Crippen LogP contribution in [-0.2, 0) is 4.79 Å². The molecule has 0 spiro atoms. The first-order valence-electron chi connectivity index (χ1n) is 1.19. The van der Waals surface area contributed by atoms with E-state index in [1.807, 2.05) is 0 Å². The highest BCUT2D eigenvalue weighted by Gasteiger charge is 1.78. The van der Waals surface area contributed by atoms with Crippen molar-refractivity contribution in [3.8, 4) is 0 Å².